The monoisotopic (exact) mass is 566 g/mol. The number of fused-ring (bicyclic) bond motifs is 2. The van der Waals surface area contributed by atoms with Gasteiger partial charge in [0.25, 0.3) is 15.9 Å². The van der Waals surface area contributed by atoms with E-state index in [1.54, 1.807) is 12.1 Å². The summed E-state index contributed by atoms with van der Waals surface area (Å²) >= 11 is 0. The van der Waals surface area contributed by atoms with Crippen LogP contribution in [0.5, 0.6) is 5.75 Å². The minimum atomic E-state index is -4.23. The standard InChI is InChI=1S/C31H26N4O5S/c1-18-13-14-26(39-20(3)21-9-5-4-6-10-21)28-23(31(36)35-41(37,38)27-15-16-32-34-27)17-24(33-29(18)28)30-19(2)22-11-7-8-12-25(22)40-30/h4-17,20H,1-3H3,(H,32,34)(H,35,36). The molecular weight excluding hydrogens is 540 g/mol. The fourth-order valence-corrected chi connectivity index (χ4v) is 5.74. The molecule has 1 amide bonds. The zero-order valence-corrected chi connectivity index (χ0v) is 23.3. The summed E-state index contributed by atoms with van der Waals surface area (Å²) in [5, 5.41) is 7.16. The summed E-state index contributed by atoms with van der Waals surface area (Å²) < 4.78 is 40.7. The first-order valence-corrected chi connectivity index (χ1v) is 14.4. The van der Waals surface area contributed by atoms with Crippen LogP contribution in [-0.4, -0.2) is 29.5 Å². The van der Waals surface area contributed by atoms with Crippen molar-refractivity contribution in [3.63, 3.8) is 0 Å². The number of sulfonamides is 1. The van der Waals surface area contributed by atoms with Crippen molar-refractivity contribution in [2.24, 2.45) is 0 Å². The summed E-state index contributed by atoms with van der Waals surface area (Å²) in [5.41, 5.74) is 4.21. The molecule has 6 rings (SSSR count). The molecule has 0 aliphatic carbocycles. The number of aromatic nitrogens is 3. The van der Waals surface area contributed by atoms with Crippen LogP contribution >= 0.6 is 0 Å². The van der Waals surface area contributed by atoms with E-state index in [2.05, 4.69) is 14.9 Å². The highest BCUT2D eigenvalue weighted by atomic mass is 32.2. The number of para-hydroxylation sites is 1. The van der Waals surface area contributed by atoms with E-state index in [0.717, 1.165) is 22.1 Å². The van der Waals surface area contributed by atoms with Crippen molar-refractivity contribution in [1.82, 2.24) is 19.9 Å². The number of aryl methyl sites for hydroxylation is 2. The van der Waals surface area contributed by atoms with E-state index in [9.17, 15) is 13.2 Å². The molecule has 206 valence electrons. The van der Waals surface area contributed by atoms with Crippen LogP contribution in [0.4, 0.5) is 0 Å². The second-order valence-electron chi connectivity index (χ2n) is 9.74. The number of carbonyl (C=O) groups excluding carboxylic acids is 1. The Morgan fingerprint density at radius 2 is 1.76 bits per heavy atom. The van der Waals surface area contributed by atoms with Crippen molar-refractivity contribution in [2.75, 3.05) is 0 Å². The van der Waals surface area contributed by atoms with Gasteiger partial charge in [-0.3, -0.25) is 9.89 Å². The van der Waals surface area contributed by atoms with Crippen LogP contribution in [0.2, 0.25) is 0 Å². The number of rotatable bonds is 7. The minimum Gasteiger partial charge on any atom is -0.485 e. The van der Waals surface area contributed by atoms with Crippen molar-refractivity contribution >= 4 is 37.8 Å². The fraction of sp³-hybridized carbons (Fsp3) is 0.129. The summed E-state index contributed by atoms with van der Waals surface area (Å²) in [6, 6.07) is 23.7. The first kappa shape index (κ1) is 26.3. The zero-order chi connectivity index (χ0) is 28.7. The van der Waals surface area contributed by atoms with E-state index >= 15 is 0 Å². The SMILES string of the molecule is Cc1c(-c2cc(C(=O)NS(=O)(=O)c3ccn[nH]3)c3c(OC(C)c4ccccc4)ccc(C)c3n2)oc2ccccc12. The maximum atomic E-state index is 13.8. The molecule has 41 heavy (non-hydrogen) atoms. The first-order valence-electron chi connectivity index (χ1n) is 12.9. The number of nitrogens with zero attached hydrogens (tertiary/aromatic N) is 2. The highest BCUT2D eigenvalue weighted by Crippen LogP contribution is 2.38. The molecule has 0 spiro atoms. The smallest absolute Gasteiger partial charge is 0.281 e. The van der Waals surface area contributed by atoms with Crippen molar-refractivity contribution in [3.8, 4) is 17.2 Å². The lowest BCUT2D eigenvalue weighted by atomic mass is 10.0. The normalized spacial score (nSPS) is 12.5. The average Bonchev–Trinajstić information content (AvgIpc) is 3.64. The number of pyridine rings is 1. The number of ether oxygens (including phenoxy) is 1. The minimum absolute atomic E-state index is 0.0758. The third kappa shape index (κ3) is 4.82. The highest BCUT2D eigenvalue weighted by Gasteiger charge is 2.26. The van der Waals surface area contributed by atoms with Gasteiger partial charge in [-0.15, -0.1) is 0 Å². The quantitative estimate of drug-likeness (QED) is 0.234. The molecule has 1 unspecified atom stereocenters. The predicted octanol–water partition coefficient (Wildman–Crippen LogP) is 6.25. The van der Waals surface area contributed by atoms with Gasteiger partial charge in [-0.2, -0.15) is 13.5 Å². The Morgan fingerprint density at radius 1 is 1.00 bits per heavy atom. The number of amides is 1. The van der Waals surface area contributed by atoms with Crippen LogP contribution in [0.15, 0.2) is 94.5 Å². The van der Waals surface area contributed by atoms with Gasteiger partial charge in [-0.1, -0.05) is 54.6 Å². The molecule has 0 bridgehead atoms. The van der Waals surface area contributed by atoms with Gasteiger partial charge < -0.3 is 9.15 Å². The molecule has 10 heteroatoms. The van der Waals surface area contributed by atoms with Crippen molar-refractivity contribution in [3.05, 3.63) is 107 Å². The van der Waals surface area contributed by atoms with E-state index in [-0.39, 0.29) is 16.7 Å². The van der Waals surface area contributed by atoms with E-state index in [0.29, 0.717) is 33.7 Å². The number of carbonyl (C=O) groups is 1. The predicted molar refractivity (Wildman–Crippen MR) is 155 cm³/mol. The van der Waals surface area contributed by atoms with E-state index in [1.165, 1.54) is 12.3 Å². The molecule has 3 heterocycles. The third-order valence-electron chi connectivity index (χ3n) is 7.01. The lowest BCUT2D eigenvalue weighted by Gasteiger charge is -2.19. The topological polar surface area (TPSA) is 127 Å². The van der Waals surface area contributed by atoms with Crippen molar-refractivity contribution in [1.29, 1.82) is 0 Å². The van der Waals surface area contributed by atoms with Gasteiger partial charge in [0.05, 0.1) is 22.7 Å². The number of hydrogen-bond donors (Lipinski definition) is 2. The van der Waals surface area contributed by atoms with Gasteiger partial charge in [-0.05, 0) is 56.2 Å². The molecule has 6 aromatic rings. The molecule has 1 atom stereocenters. The van der Waals surface area contributed by atoms with Crippen LogP contribution in [-0.2, 0) is 10.0 Å². The number of benzene rings is 3. The van der Waals surface area contributed by atoms with Crippen LogP contribution < -0.4 is 9.46 Å². The van der Waals surface area contributed by atoms with Crippen LogP contribution in [0.1, 0.15) is 40.1 Å². The van der Waals surface area contributed by atoms with E-state index < -0.39 is 15.9 Å². The summed E-state index contributed by atoms with van der Waals surface area (Å²) in [6.07, 6.45) is 0.938. The van der Waals surface area contributed by atoms with Gasteiger partial charge in [0.1, 0.15) is 23.1 Å². The second kappa shape index (κ2) is 10.2. The van der Waals surface area contributed by atoms with Gasteiger partial charge in [0.2, 0.25) is 0 Å². The molecule has 2 N–H and O–H groups in total. The molecule has 3 aromatic heterocycles. The molecule has 3 aromatic carbocycles. The zero-order valence-electron chi connectivity index (χ0n) is 22.5. The lowest BCUT2D eigenvalue weighted by Crippen LogP contribution is -2.31. The summed E-state index contributed by atoms with van der Waals surface area (Å²) in [6.45, 7) is 5.70. The number of aromatic amines is 1. The fourth-order valence-electron chi connectivity index (χ4n) is 4.86. The molecule has 0 radical (unpaired) electrons. The molecule has 0 saturated heterocycles. The molecule has 0 saturated carbocycles. The Kier molecular flexibility index (Phi) is 6.55. The maximum Gasteiger partial charge on any atom is 0.281 e. The Bertz CT molecular complexity index is 2020. The van der Waals surface area contributed by atoms with Crippen molar-refractivity contribution in [2.45, 2.75) is 31.9 Å². The van der Waals surface area contributed by atoms with Crippen LogP contribution in [0, 0.1) is 13.8 Å². The van der Waals surface area contributed by atoms with Crippen molar-refractivity contribution < 1.29 is 22.4 Å². The molecule has 0 aliphatic heterocycles. The van der Waals surface area contributed by atoms with Crippen LogP contribution in [0.25, 0.3) is 33.3 Å². The lowest BCUT2D eigenvalue weighted by molar-refractivity contribution is 0.0982. The summed E-state index contributed by atoms with van der Waals surface area (Å²) in [7, 11) is -4.23. The number of furan rings is 1. The Morgan fingerprint density at radius 3 is 2.49 bits per heavy atom. The maximum absolute atomic E-state index is 13.8. The number of nitrogens with one attached hydrogen (secondary N) is 2. The largest absolute Gasteiger partial charge is 0.485 e. The third-order valence-corrected chi connectivity index (χ3v) is 8.27. The average molecular weight is 567 g/mol. The van der Waals surface area contributed by atoms with Gasteiger partial charge in [-0.25, -0.2) is 9.71 Å². The van der Waals surface area contributed by atoms with E-state index in [1.807, 2.05) is 81.4 Å². The van der Waals surface area contributed by atoms with E-state index in [4.69, 9.17) is 14.1 Å². The Labute approximate surface area is 236 Å². The molecule has 9 nitrogen and oxygen atoms in total. The Balaban J connectivity index is 1.55. The summed E-state index contributed by atoms with van der Waals surface area (Å²) in [4.78, 5) is 18.7. The number of hydrogen-bond acceptors (Lipinski definition) is 7. The highest BCUT2D eigenvalue weighted by molar-refractivity contribution is 7.90. The molecular formula is C31H26N4O5S. The van der Waals surface area contributed by atoms with Gasteiger partial charge in [0, 0.05) is 10.9 Å². The summed E-state index contributed by atoms with van der Waals surface area (Å²) in [5.74, 6) is 0.0400. The molecule has 0 aliphatic rings. The number of H-pyrrole nitrogens is 1. The van der Waals surface area contributed by atoms with Gasteiger partial charge >= 0.3 is 0 Å². The first-order chi connectivity index (χ1) is 19.7. The van der Waals surface area contributed by atoms with Gasteiger partial charge in [0.15, 0.2) is 10.8 Å². The molecule has 0 fully saturated rings. The Hall–Kier alpha value is -4.96. The van der Waals surface area contributed by atoms with Crippen LogP contribution in [0.3, 0.4) is 0 Å². The second-order valence-corrected chi connectivity index (χ2v) is 11.4.